The zero-order valence-electron chi connectivity index (χ0n) is 9.44. The fourth-order valence-electron chi connectivity index (χ4n) is 1.33. The molecule has 0 aliphatic carbocycles. The van der Waals surface area contributed by atoms with Gasteiger partial charge in [-0.05, 0) is 16.9 Å². The van der Waals surface area contributed by atoms with E-state index in [1.165, 1.54) is 6.26 Å². The van der Waals surface area contributed by atoms with Crippen molar-refractivity contribution in [2.24, 2.45) is 5.41 Å². The van der Waals surface area contributed by atoms with E-state index >= 15 is 0 Å². The van der Waals surface area contributed by atoms with Crippen LogP contribution >= 0.6 is 11.3 Å². The molecule has 0 amide bonds. The van der Waals surface area contributed by atoms with E-state index in [2.05, 4.69) is 4.72 Å². The summed E-state index contributed by atoms with van der Waals surface area (Å²) in [6.07, 6.45) is 1.19. The first-order valence-electron chi connectivity index (χ1n) is 4.71. The monoisotopic (exact) mass is 247 g/mol. The number of rotatable bonds is 3. The van der Waals surface area contributed by atoms with E-state index in [4.69, 9.17) is 0 Å². The summed E-state index contributed by atoms with van der Waals surface area (Å²) < 4.78 is 25.2. The topological polar surface area (TPSA) is 46.2 Å². The number of thiophene rings is 1. The molecule has 0 spiro atoms. The lowest BCUT2D eigenvalue weighted by atomic mass is 9.86. The van der Waals surface area contributed by atoms with Gasteiger partial charge in [-0.2, -0.15) is 0 Å². The molecule has 0 aromatic carbocycles. The van der Waals surface area contributed by atoms with Crippen LogP contribution in [-0.2, 0) is 10.0 Å². The van der Waals surface area contributed by atoms with Gasteiger partial charge in [0.05, 0.1) is 12.3 Å². The second kappa shape index (κ2) is 4.23. The van der Waals surface area contributed by atoms with Gasteiger partial charge in [0.1, 0.15) is 0 Å². The van der Waals surface area contributed by atoms with Crippen LogP contribution in [0.15, 0.2) is 17.5 Å². The van der Waals surface area contributed by atoms with Crippen LogP contribution in [-0.4, -0.2) is 14.7 Å². The maximum Gasteiger partial charge on any atom is 0.209 e. The highest BCUT2D eigenvalue weighted by Crippen LogP contribution is 2.35. The SMILES string of the molecule is CC(C)(C)C(NS(C)(=O)=O)c1cccs1. The molecule has 0 radical (unpaired) electrons. The van der Waals surface area contributed by atoms with Crippen molar-refractivity contribution in [3.05, 3.63) is 22.4 Å². The van der Waals surface area contributed by atoms with Crippen LogP contribution in [0.2, 0.25) is 0 Å². The fourth-order valence-corrected chi connectivity index (χ4v) is 3.33. The Hall–Kier alpha value is -0.390. The van der Waals surface area contributed by atoms with E-state index in [0.29, 0.717) is 0 Å². The van der Waals surface area contributed by atoms with Gasteiger partial charge in [-0.25, -0.2) is 13.1 Å². The molecule has 1 atom stereocenters. The van der Waals surface area contributed by atoms with Crippen molar-refractivity contribution in [2.75, 3.05) is 6.26 Å². The van der Waals surface area contributed by atoms with Crippen LogP contribution in [0.3, 0.4) is 0 Å². The minimum Gasteiger partial charge on any atom is -0.213 e. The van der Waals surface area contributed by atoms with Crippen LogP contribution in [0.5, 0.6) is 0 Å². The van der Waals surface area contributed by atoms with Crippen molar-refractivity contribution < 1.29 is 8.42 Å². The van der Waals surface area contributed by atoms with Crippen molar-refractivity contribution in [3.8, 4) is 0 Å². The lowest BCUT2D eigenvalue weighted by Crippen LogP contribution is -2.35. The highest BCUT2D eigenvalue weighted by atomic mass is 32.2. The van der Waals surface area contributed by atoms with Crippen molar-refractivity contribution in [1.82, 2.24) is 4.72 Å². The smallest absolute Gasteiger partial charge is 0.209 e. The Morgan fingerprint density at radius 1 is 1.40 bits per heavy atom. The van der Waals surface area contributed by atoms with Gasteiger partial charge in [-0.1, -0.05) is 26.8 Å². The van der Waals surface area contributed by atoms with Crippen LogP contribution in [0.1, 0.15) is 31.7 Å². The maximum absolute atomic E-state index is 11.3. The lowest BCUT2D eigenvalue weighted by molar-refractivity contribution is 0.309. The molecule has 0 aliphatic heterocycles. The summed E-state index contributed by atoms with van der Waals surface area (Å²) in [5.74, 6) is 0. The molecule has 0 bridgehead atoms. The molecule has 3 nitrogen and oxygen atoms in total. The van der Waals surface area contributed by atoms with Gasteiger partial charge in [0.25, 0.3) is 0 Å². The quantitative estimate of drug-likeness (QED) is 0.891. The van der Waals surface area contributed by atoms with Gasteiger partial charge in [-0.3, -0.25) is 0 Å². The second-order valence-corrected chi connectivity index (χ2v) is 7.46. The summed E-state index contributed by atoms with van der Waals surface area (Å²) in [5, 5.41) is 1.96. The summed E-state index contributed by atoms with van der Waals surface area (Å²) in [4.78, 5) is 1.05. The predicted molar refractivity (Wildman–Crippen MR) is 64.5 cm³/mol. The van der Waals surface area contributed by atoms with Crippen LogP contribution in [0.4, 0.5) is 0 Å². The highest BCUT2D eigenvalue weighted by molar-refractivity contribution is 7.88. The Morgan fingerprint density at radius 2 is 2.00 bits per heavy atom. The van der Waals surface area contributed by atoms with Crippen molar-refractivity contribution >= 4 is 21.4 Å². The Morgan fingerprint density at radius 3 is 2.33 bits per heavy atom. The van der Waals surface area contributed by atoms with Gasteiger partial charge < -0.3 is 0 Å². The minimum atomic E-state index is -3.18. The Kier molecular flexibility index (Phi) is 3.58. The van der Waals surface area contributed by atoms with Gasteiger partial charge in [-0.15, -0.1) is 11.3 Å². The summed E-state index contributed by atoms with van der Waals surface area (Å²) >= 11 is 1.57. The van der Waals surface area contributed by atoms with Crippen molar-refractivity contribution in [3.63, 3.8) is 0 Å². The Labute approximate surface area is 95.6 Å². The maximum atomic E-state index is 11.3. The lowest BCUT2D eigenvalue weighted by Gasteiger charge is -2.29. The molecule has 0 saturated carbocycles. The first-order valence-corrected chi connectivity index (χ1v) is 7.48. The van der Waals surface area contributed by atoms with Crippen LogP contribution in [0, 0.1) is 5.41 Å². The molecule has 1 aromatic heterocycles. The third kappa shape index (κ3) is 3.93. The van der Waals surface area contributed by atoms with E-state index in [-0.39, 0.29) is 11.5 Å². The molecule has 1 N–H and O–H groups in total. The zero-order valence-corrected chi connectivity index (χ0v) is 11.1. The van der Waals surface area contributed by atoms with Crippen molar-refractivity contribution in [1.29, 1.82) is 0 Å². The number of hydrogen-bond donors (Lipinski definition) is 1. The predicted octanol–water partition coefficient (Wildman–Crippen LogP) is 2.38. The van der Waals surface area contributed by atoms with E-state index in [1.807, 2.05) is 38.3 Å². The average molecular weight is 247 g/mol. The molecule has 0 fully saturated rings. The normalized spacial score (nSPS) is 15.2. The molecule has 0 saturated heterocycles. The molecule has 1 rings (SSSR count). The molecule has 1 unspecified atom stereocenters. The molecule has 86 valence electrons. The summed E-state index contributed by atoms with van der Waals surface area (Å²) in [5.41, 5.74) is -0.131. The van der Waals surface area contributed by atoms with Gasteiger partial charge >= 0.3 is 0 Å². The zero-order chi connectivity index (χ0) is 11.7. The van der Waals surface area contributed by atoms with Gasteiger partial charge in [0.2, 0.25) is 10.0 Å². The number of sulfonamides is 1. The van der Waals surface area contributed by atoms with E-state index in [0.717, 1.165) is 4.88 Å². The average Bonchev–Trinajstić information content (AvgIpc) is 2.47. The molecule has 1 heterocycles. The highest BCUT2D eigenvalue weighted by Gasteiger charge is 2.29. The summed E-state index contributed by atoms with van der Waals surface area (Å²) in [6.45, 7) is 6.07. The molecular formula is C10H17NO2S2. The van der Waals surface area contributed by atoms with E-state index in [1.54, 1.807) is 11.3 Å². The summed E-state index contributed by atoms with van der Waals surface area (Å²) in [6, 6.07) is 3.73. The van der Waals surface area contributed by atoms with E-state index in [9.17, 15) is 8.42 Å². The molecule has 5 heteroatoms. The summed E-state index contributed by atoms with van der Waals surface area (Å²) in [7, 11) is -3.18. The largest absolute Gasteiger partial charge is 0.213 e. The molecule has 1 aromatic rings. The molecule has 15 heavy (non-hydrogen) atoms. The first kappa shape index (κ1) is 12.7. The van der Waals surface area contributed by atoms with Crippen LogP contribution in [0.25, 0.3) is 0 Å². The van der Waals surface area contributed by atoms with E-state index < -0.39 is 10.0 Å². The molecular weight excluding hydrogens is 230 g/mol. The Bertz CT molecular complexity index is 401. The second-order valence-electron chi connectivity index (χ2n) is 4.70. The Balaban J connectivity index is 3.01. The minimum absolute atomic E-state index is 0.131. The third-order valence-corrected chi connectivity index (χ3v) is 3.63. The van der Waals surface area contributed by atoms with Gasteiger partial charge in [0.15, 0.2) is 0 Å². The molecule has 0 aliphatic rings. The first-order chi connectivity index (χ1) is 6.70. The van der Waals surface area contributed by atoms with Crippen LogP contribution < -0.4 is 4.72 Å². The fraction of sp³-hybridized carbons (Fsp3) is 0.600. The number of hydrogen-bond acceptors (Lipinski definition) is 3. The van der Waals surface area contributed by atoms with Gasteiger partial charge in [0, 0.05) is 4.88 Å². The number of nitrogens with one attached hydrogen (secondary N) is 1. The standard InChI is InChI=1S/C10H17NO2S2/c1-10(2,3)9(11-15(4,12)13)8-6-5-7-14-8/h5-7,9,11H,1-4H3. The van der Waals surface area contributed by atoms with Crippen molar-refractivity contribution in [2.45, 2.75) is 26.8 Å². The third-order valence-electron chi connectivity index (χ3n) is 2.03.